The highest BCUT2D eigenvalue weighted by Gasteiger charge is 2.34. The molecule has 0 saturated heterocycles. The van der Waals surface area contributed by atoms with E-state index in [-0.39, 0.29) is 0 Å². The molecule has 0 aromatic heterocycles. The first-order valence-corrected chi connectivity index (χ1v) is 9.27. The van der Waals surface area contributed by atoms with E-state index in [4.69, 9.17) is 0 Å². The summed E-state index contributed by atoms with van der Waals surface area (Å²) < 4.78 is 0. The minimum atomic E-state index is -0.446. The molecule has 124 valence electrons. The average Bonchev–Trinajstić information content (AvgIpc) is 3.25. The smallest absolute Gasteiger partial charge is 0.115 e. The van der Waals surface area contributed by atoms with Crippen LogP contribution >= 0.6 is 0 Å². The normalized spacial score (nSPS) is 22.0. The van der Waals surface area contributed by atoms with Crippen LogP contribution in [-0.2, 0) is 0 Å². The third kappa shape index (κ3) is 9.85. The molecule has 1 aliphatic carbocycles. The van der Waals surface area contributed by atoms with Gasteiger partial charge in [-0.2, -0.15) is 0 Å². The lowest BCUT2D eigenvalue weighted by Crippen LogP contribution is -2.01. The molecule has 22 heavy (non-hydrogen) atoms. The monoisotopic (exact) mass is 302 g/mol. The number of rotatable bonds is 11. The van der Waals surface area contributed by atoms with E-state index in [9.17, 15) is 5.11 Å². The van der Waals surface area contributed by atoms with E-state index in [2.05, 4.69) is 43.9 Å². The largest absolute Gasteiger partial charge is 0.380 e. The van der Waals surface area contributed by atoms with E-state index in [1.54, 1.807) is 0 Å². The third-order valence-electron chi connectivity index (χ3n) is 4.37. The van der Waals surface area contributed by atoms with Gasteiger partial charge in [0.15, 0.2) is 0 Å². The summed E-state index contributed by atoms with van der Waals surface area (Å²) >= 11 is 0. The summed E-state index contributed by atoms with van der Waals surface area (Å²) in [5.41, 5.74) is 0. The fraction of sp³-hybridized carbons (Fsp3) is 0.714. The van der Waals surface area contributed by atoms with Gasteiger partial charge in [-0.15, -0.1) is 0 Å². The van der Waals surface area contributed by atoms with Crippen LogP contribution in [-0.4, -0.2) is 11.2 Å². The SMILES string of the molecule is CCCC/C=C\C[C@@H]1C[C@H]1C/C=C\C#C[C@@H](O)CCCCC. The summed E-state index contributed by atoms with van der Waals surface area (Å²) in [6.07, 6.45) is 20.3. The second kappa shape index (κ2) is 12.5. The van der Waals surface area contributed by atoms with Crippen molar-refractivity contribution in [1.82, 2.24) is 0 Å². The molecule has 1 rings (SSSR count). The summed E-state index contributed by atoms with van der Waals surface area (Å²) in [5.74, 6) is 7.65. The van der Waals surface area contributed by atoms with Crippen molar-refractivity contribution in [3.8, 4) is 11.8 Å². The molecule has 0 spiro atoms. The van der Waals surface area contributed by atoms with Gasteiger partial charge in [0.05, 0.1) is 0 Å². The highest BCUT2D eigenvalue weighted by molar-refractivity contribution is 5.18. The number of aliphatic hydroxyl groups excluding tert-OH is 1. The fourth-order valence-corrected chi connectivity index (χ4v) is 2.70. The van der Waals surface area contributed by atoms with Crippen LogP contribution in [0.5, 0.6) is 0 Å². The fourth-order valence-electron chi connectivity index (χ4n) is 2.70. The average molecular weight is 303 g/mol. The Morgan fingerprint density at radius 2 is 1.73 bits per heavy atom. The van der Waals surface area contributed by atoms with Gasteiger partial charge in [0.1, 0.15) is 6.10 Å². The molecule has 0 bridgehead atoms. The molecule has 0 aromatic carbocycles. The van der Waals surface area contributed by atoms with E-state index in [1.807, 2.05) is 6.08 Å². The van der Waals surface area contributed by atoms with Crippen LogP contribution in [0.2, 0.25) is 0 Å². The molecule has 0 aromatic rings. The number of hydrogen-bond acceptors (Lipinski definition) is 1. The van der Waals surface area contributed by atoms with Crippen molar-refractivity contribution in [2.75, 3.05) is 0 Å². The highest BCUT2D eigenvalue weighted by Crippen LogP contribution is 2.44. The van der Waals surface area contributed by atoms with Crippen molar-refractivity contribution in [3.05, 3.63) is 24.3 Å². The van der Waals surface area contributed by atoms with Crippen molar-refractivity contribution < 1.29 is 5.11 Å². The number of aliphatic hydroxyl groups is 1. The van der Waals surface area contributed by atoms with Gasteiger partial charge < -0.3 is 5.11 Å². The molecule has 1 saturated carbocycles. The van der Waals surface area contributed by atoms with Gasteiger partial charge in [-0.25, -0.2) is 0 Å². The Morgan fingerprint density at radius 1 is 1.00 bits per heavy atom. The molecular weight excluding hydrogens is 268 g/mol. The maximum absolute atomic E-state index is 9.68. The number of unbranched alkanes of at least 4 members (excludes halogenated alkanes) is 4. The van der Waals surface area contributed by atoms with Crippen molar-refractivity contribution in [2.45, 2.75) is 84.2 Å². The lowest BCUT2D eigenvalue weighted by Gasteiger charge is -2.00. The van der Waals surface area contributed by atoms with E-state index in [0.717, 1.165) is 31.1 Å². The first-order valence-electron chi connectivity index (χ1n) is 9.27. The minimum Gasteiger partial charge on any atom is -0.380 e. The Hall–Kier alpha value is -1.00. The van der Waals surface area contributed by atoms with Gasteiger partial charge in [-0.1, -0.05) is 69.6 Å². The molecule has 1 nitrogen and oxygen atoms in total. The lowest BCUT2D eigenvalue weighted by atomic mass is 10.1. The second-order valence-electron chi connectivity index (χ2n) is 6.54. The molecule has 0 heterocycles. The zero-order chi connectivity index (χ0) is 16.0. The van der Waals surface area contributed by atoms with E-state index >= 15 is 0 Å². The number of allylic oxidation sites excluding steroid dienone is 4. The van der Waals surface area contributed by atoms with Gasteiger partial charge >= 0.3 is 0 Å². The molecule has 1 aliphatic rings. The second-order valence-corrected chi connectivity index (χ2v) is 6.54. The van der Waals surface area contributed by atoms with Crippen LogP contribution in [0.4, 0.5) is 0 Å². The molecule has 3 atom stereocenters. The predicted octanol–water partition coefficient (Wildman–Crippen LogP) is 5.65. The van der Waals surface area contributed by atoms with Gasteiger partial charge in [0.2, 0.25) is 0 Å². The molecule has 0 amide bonds. The van der Waals surface area contributed by atoms with Crippen LogP contribution in [0.3, 0.4) is 0 Å². The summed E-state index contributed by atoms with van der Waals surface area (Å²) in [6, 6.07) is 0. The maximum atomic E-state index is 9.68. The summed E-state index contributed by atoms with van der Waals surface area (Å²) in [6.45, 7) is 4.41. The minimum absolute atomic E-state index is 0.446. The molecule has 0 unspecified atom stereocenters. The van der Waals surface area contributed by atoms with Crippen LogP contribution in [0.25, 0.3) is 0 Å². The van der Waals surface area contributed by atoms with Crippen molar-refractivity contribution in [3.63, 3.8) is 0 Å². The zero-order valence-electron chi connectivity index (χ0n) is 14.6. The molecule has 1 fully saturated rings. The van der Waals surface area contributed by atoms with Crippen LogP contribution in [0.15, 0.2) is 24.3 Å². The Kier molecular flexibility index (Phi) is 10.9. The van der Waals surface area contributed by atoms with Crippen LogP contribution in [0, 0.1) is 23.7 Å². The topological polar surface area (TPSA) is 20.2 Å². The van der Waals surface area contributed by atoms with Gasteiger partial charge in [0.25, 0.3) is 0 Å². The van der Waals surface area contributed by atoms with Gasteiger partial charge in [0, 0.05) is 0 Å². The molecular formula is C21H34O. The quantitative estimate of drug-likeness (QED) is 0.297. The van der Waals surface area contributed by atoms with Crippen molar-refractivity contribution in [1.29, 1.82) is 0 Å². The van der Waals surface area contributed by atoms with Crippen molar-refractivity contribution >= 4 is 0 Å². The van der Waals surface area contributed by atoms with Crippen LogP contribution in [0.1, 0.15) is 78.1 Å². The van der Waals surface area contributed by atoms with Gasteiger partial charge in [-0.3, -0.25) is 0 Å². The molecule has 0 aliphatic heterocycles. The Labute approximate surface area is 137 Å². The van der Waals surface area contributed by atoms with E-state index in [1.165, 1.54) is 44.9 Å². The highest BCUT2D eigenvalue weighted by atomic mass is 16.3. The molecule has 0 radical (unpaired) electrons. The number of hydrogen-bond donors (Lipinski definition) is 1. The van der Waals surface area contributed by atoms with Crippen molar-refractivity contribution in [2.24, 2.45) is 11.8 Å². The Bertz CT molecular complexity index is 382. The predicted molar refractivity (Wildman–Crippen MR) is 96.6 cm³/mol. The van der Waals surface area contributed by atoms with E-state index in [0.29, 0.717) is 0 Å². The maximum Gasteiger partial charge on any atom is 0.115 e. The summed E-state index contributed by atoms with van der Waals surface area (Å²) in [7, 11) is 0. The van der Waals surface area contributed by atoms with E-state index < -0.39 is 6.10 Å². The summed E-state index contributed by atoms with van der Waals surface area (Å²) in [5, 5.41) is 9.68. The summed E-state index contributed by atoms with van der Waals surface area (Å²) in [4.78, 5) is 0. The standard InChI is InChI=1S/C21H34O/c1-3-5-7-8-11-14-19-18-20(19)15-12-9-13-17-21(22)16-10-6-4-2/h8-9,11-12,19-22H,3-7,10,14-16,18H2,1-2H3/b11-8-,12-9-/t19-,20-,21+/m1/s1. The Morgan fingerprint density at radius 3 is 2.45 bits per heavy atom. The zero-order valence-corrected chi connectivity index (χ0v) is 14.6. The lowest BCUT2D eigenvalue weighted by molar-refractivity contribution is 0.217. The Balaban J connectivity index is 2.04. The van der Waals surface area contributed by atoms with Crippen LogP contribution < -0.4 is 0 Å². The molecule has 1 heteroatoms. The molecule has 1 N–H and O–H groups in total. The first kappa shape index (κ1) is 19.0. The van der Waals surface area contributed by atoms with Gasteiger partial charge in [-0.05, 0) is 56.4 Å². The first-order chi connectivity index (χ1) is 10.8. The third-order valence-corrected chi connectivity index (χ3v) is 4.37.